The van der Waals surface area contributed by atoms with E-state index in [4.69, 9.17) is 9.51 Å². The molecule has 7 nitrogen and oxygen atoms in total. The first-order chi connectivity index (χ1) is 15.3. The van der Waals surface area contributed by atoms with E-state index in [0.29, 0.717) is 24.8 Å². The highest BCUT2D eigenvalue weighted by molar-refractivity contribution is 5.79. The highest BCUT2D eigenvalue weighted by Crippen LogP contribution is 2.34. The van der Waals surface area contributed by atoms with Crippen LogP contribution >= 0.6 is 0 Å². The van der Waals surface area contributed by atoms with Crippen molar-refractivity contribution in [3.8, 4) is 11.1 Å². The zero-order valence-electron chi connectivity index (χ0n) is 18.9. The Morgan fingerprint density at radius 2 is 2.12 bits per heavy atom. The maximum atomic E-state index is 13.9. The number of hydrogen-bond donors (Lipinski definition) is 0. The van der Waals surface area contributed by atoms with Gasteiger partial charge in [0.15, 0.2) is 0 Å². The molecule has 3 heterocycles. The highest BCUT2D eigenvalue weighted by Gasteiger charge is 2.29. The molecule has 1 aromatic carbocycles. The SMILES string of the molecule is Cc1noc(C)c1CC(=O)N1CCCC(c2nc(N(C)C)ncc2-c2cccc(F)c2)C1. The minimum Gasteiger partial charge on any atom is -0.361 e. The van der Waals surface area contributed by atoms with Crippen molar-refractivity contribution in [2.45, 2.75) is 39.0 Å². The number of hydrogen-bond acceptors (Lipinski definition) is 6. The van der Waals surface area contributed by atoms with Crippen LogP contribution in [0.3, 0.4) is 0 Å². The van der Waals surface area contributed by atoms with Crippen molar-refractivity contribution >= 4 is 11.9 Å². The lowest BCUT2D eigenvalue weighted by molar-refractivity contribution is -0.131. The van der Waals surface area contributed by atoms with E-state index in [1.165, 1.54) is 12.1 Å². The van der Waals surface area contributed by atoms with E-state index in [-0.39, 0.29) is 24.1 Å². The summed E-state index contributed by atoms with van der Waals surface area (Å²) in [7, 11) is 3.78. The first-order valence-electron chi connectivity index (χ1n) is 10.8. The van der Waals surface area contributed by atoms with Gasteiger partial charge in [0.25, 0.3) is 0 Å². The Morgan fingerprint density at radius 1 is 1.31 bits per heavy atom. The Morgan fingerprint density at radius 3 is 2.81 bits per heavy atom. The number of piperidine rings is 1. The highest BCUT2D eigenvalue weighted by atomic mass is 19.1. The van der Waals surface area contributed by atoms with E-state index in [9.17, 15) is 9.18 Å². The first-order valence-corrected chi connectivity index (χ1v) is 10.8. The van der Waals surface area contributed by atoms with Crippen molar-refractivity contribution in [1.29, 1.82) is 0 Å². The minimum absolute atomic E-state index is 0.0392. The molecular weight excluding hydrogens is 409 g/mol. The third kappa shape index (κ3) is 4.49. The van der Waals surface area contributed by atoms with Gasteiger partial charge in [-0.2, -0.15) is 0 Å². The lowest BCUT2D eigenvalue weighted by Gasteiger charge is -2.33. The molecule has 3 aromatic rings. The molecule has 1 fully saturated rings. The Balaban J connectivity index is 1.63. The molecule has 0 radical (unpaired) electrons. The summed E-state index contributed by atoms with van der Waals surface area (Å²) < 4.78 is 19.1. The van der Waals surface area contributed by atoms with E-state index in [2.05, 4.69) is 10.1 Å². The van der Waals surface area contributed by atoms with Crippen LogP contribution in [0.4, 0.5) is 10.3 Å². The predicted octanol–water partition coefficient (Wildman–Crippen LogP) is 3.90. The molecule has 1 aliphatic heterocycles. The smallest absolute Gasteiger partial charge is 0.227 e. The van der Waals surface area contributed by atoms with Gasteiger partial charge < -0.3 is 14.3 Å². The summed E-state index contributed by atoms with van der Waals surface area (Å²) in [6.07, 6.45) is 3.82. The molecule has 0 aliphatic carbocycles. The van der Waals surface area contributed by atoms with Gasteiger partial charge in [-0.05, 0) is 44.4 Å². The number of halogens is 1. The van der Waals surface area contributed by atoms with Crippen LogP contribution in [-0.2, 0) is 11.2 Å². The van der Waals surface area contributed by atoms with Gasteiger partial charge in [0.05, 0.1) is 17.8 Å². The molecule has 1 amide bonds. The third-order valence-corrected chi connectivity index (χ3v) is 6.01. The maximum absolute atomic E-state index is 13.9. The van der Waals surface area contributed by atoms with Gasteiger partial charge in [-0.25, -0.2) is 14.4 Å². The van der Waals surface area contributed by atoms with Gasteiger partial charge in [-0.1, -0.05) is 17.3 Å². The average Bonchev–Trinajstić information content (AvgIpc) is 3.10. The molecule has 32 heavy (non-hydrogen) atoms. The summed E-state index contributed by atoms with van der Waals surface area (Å²) in [5, 5.41) is 3.96. The van der Waals surface area contributed by atoms with Gasteiger partial charge in [-0.15, -0.1) is 0 Å². The molecule has 1 unspecified atom stereocenters. The van der Waals surface area contributed by atoms with Crippen LogP contribution in [0.5, 0.6) is 0 Å². The van der Waals surface area contributed by atoms with Gasteiger partial charge >= 0.3 is 0 Å². The summed E-state index contributed by atoms with van der Waals surface area (Å²) in [4.78, 5) is 26.1. The normalized spacial score (nSPS) is 16.3. The second kappa shape index (κ2) is 9.06. The minimum atomic E-state index is -0.301. The number of carbonyl (C=O) groups excluding carboxylic acids is 1. The van der Waals surface area contributed by atoms with Crippen molar-refractivity contribution in [3.05, 3.63) is 59.0 Å². The molecule has 4 rings (SSSR count). The standard InChI is InChI=1S/C24H28FN5O2/c1-15-20(16(2)32-28-15)12-22(31)30-10-6-8-18(14-30)23-21(13-26-24(27-23)29(3)4)17-7-5-9-19(25)11-17/h5,7,9,11,13,18H,6,8,10,12,14H2,1-4H3. The van der Waals surface area contributed by atoms with Crippen molar-refractivity contribution in [2.24, 2.45) is 0 Å². The number of benzene rings is 1. The van der Waals surface area contributed by atoms with Crippen LogP contribution in [0, 0.1) is 19.7 Å². The molecule has 8 heteroatoms. The first kappa shape index (κ1) is 21.9. The third-order valence-electron chi connectivity index (χ3n) is 6.01. The fourth-order valence-corrected chi connectivity index (χ4v) is 4.23. The van der Waals surface area contributed by atoms with Crippen LogP contribution < -0.4 is 4.90 Å². The summed E-state index contributed by atoms with van der Waals surface area (Å²) in [5.41, 5.74) is 4.01. The number of likely N-dealkylation sites (tertiary alicyclic amines) is 1. The topological polar surface area (TPSA) is 75.4 Å². The van der Waals surface area contributed by atoms with Crippen LogP contribution in [0.2, 0.25) is 0 Å². The van der Waals surface area contributed by atoms with Crippen LogP contribution in [0.1, 0.15) is 41.5 Å². The molecule has 168 valence electrons. The van der Waals surface area contributed by atoms with Gasteiger partial charge in [0.2, 0.25) is 11.9 Å². The Bertz CT molecular complexity index is 1110. The van der Waals surface area contributed by atoms with Crippen molar-refractivity contribution in [3.63, 3.8) is 0 Å². The van der Waals surface area contributed by atoms with Crippen molar-refractivity contribution < 1.29 is 13.7 Å². The largest absolute Gasteiger partial charge is 0.361 e. The zero-order valence-corrected chi connectivity index (χ0v) is 18.9. The molecule has 0 saturated carbocycles. The lowest BCUT2D eigenvalue weighted by atomic mass is 9.89. The number of anilines is 1. The van der Waals surface area contributed by atoms with E-state index >= 15 is 0 Å². The number of carbonyl (C=O) groups is 1. The van der Waals surface area contributed by atoms with E-state index in [1.807, 2.05) is 43.8 Å². The van der Waals surface area contributed by atoms with Crippen molar-refractivity contribution in [1.82, 2.24) is 20.0 Å². The molecule has 0 bridgehead atoms. The number of nitrogens with zero attached hydrogens (tertiary/aromatic N) is 5. The Kier molecular flexibility index (Phi) is 6.21. The number of amides is 1. The second-order valence-electron chi connectivity index (χ2n) is 8.53. The Labute approximate surface area is 187 Å². The number of rotatable bonds is 5. The second-order valence-corrected chi connectivity index (χ2v) is 8.53. The summed E-state index contributed by atoms with van der Waals surface area (Å²) >= 11 is 0. The molecular formula is C24H28FN5O2. The van der Waals surface area contributed by atoms with Gasteiger partial charge in [0, 0.05) is 50.4 Å². The molecule has 1 aliphatic rings. The molecule has 0 N–H and O–H groups in total. The molecule has 1 atom stereocenters. The fourth-order valence-electron chi connectivity index (χ4n) is 4.23. The number of aryl methyl sites for hydroxylation is 2. The molecule has 2 aromatic heterocycles. The zero-order chi connectivity index (χ0) is 22.8. The van der Waals surface area contributed by atoms with Crippen LogP contribution in [0.25, 0.3) is 11.1 Å². The summed E-state index contributed by atoms with van der Waals surface area (Å²) in [5.74, 6) is 1.07. The van der Waals surface area contributed by atoms with Crippen LogP contribution in [-0.4, -0.2) is 53.1 Å². The fraction of sp³-hybridized carbons (Fsp3) is 0.417. The summed E-state index contributed by atoms with van der Waals surface area (Å²) in [6, 6.07) is 6.48. The molecule has 1 saturated heterocycles. The monoisotopic (exact) mass is 437 g/mol. The number of aromatic nitrogens is 3. The van der Waals surface area contributed by atoms with Gasteiger partial charge in [0.1, 0.15) is 11.6 Å². The van der Waals surface area contributed by atoms with Gasteiger partial charge in [-0.3, -0.25) is 4.79 Å². The lowest BCUT2D eigenvalue weighted by Crippen LogP contribution is -2.40. The van der Waals surface area contributed by atoms with Crippen molar-refractivity contribution in [2.75, 3.05) is 32.1 Å². The predicted molar refractivity (Wildman–Crippen MR) is 120 cm³/mol. The van der Waals surface area contributed by atoms with E-state index < -0.39 is 0 Å². The summed E-state index contributed by atoms with van der Waals surface area (Å²) in [6.45, 7) is 4.96. The molecule has 0 spiro atoms. The quantitative estimate of drug-likeness (QED) is 0.603. The van der Waals surface area contributed by atoms with Crippen LogP contribution in [0.15, 0.2) is 35.0 Å². The van der Waals surface area contributed by atoms with E-state index in [1.54, 1.807) is 12.3 Å². The van der Waals surface area contributed by atoms with E-state index in [0.717, 1.165) is 40.9 Å². The average molecular weight is 438 g/mol. The Hall–Kier alpha value is -3.29. The maximum Gasteiger partial charge on any atom is 0.227 e.